The van der Waals surface area contributed by atoms with Crippen LogP contribution >= 0.6 is 0 Å². The molecule has 2 unspecified atom stereocenters. The van der Waals surface area contributed by atoms with Gasteiger partial charge in [-0.1, -0.05) is 30.9 Å². The first-order valence-electron chi connectivity index (χ1n) is 8.07. The van der Waals surface area contributed by atoms with Crippen LogP contribution in [0.5, 0.6) is 0 Å². The number of aromatic nitrogens is 1. The number of amides is 1. The van der Waals surface area contributed by atoms with Crippen molar-refractivity contribution in [3.8, 4) is 11.8 Å². The molecule has 0 radical (unpaired) electrons. The summed E-state index contributed by atoms with van der Waals surface area (Å²) >= 11 is 0. The number of carbonyl (C=O) groups excluding carboxylic acids is 1. The van der Waals surface area contributed by atoms with Gasteiger partial charge in [-0.05, 0) is 36.8 Å². The third-order valence-electron chi connectivity index (χ3n) is 4.65. The van der Waals surface area contributed by atoms with Gasteiger partial charge in [-0.25, -0.2) is 18.2 Å². The molecule has 134 valence electrons. The molecule has 1 saturated carbocycles. The molecule has 1 aliphatic carbocycles. The van der Waals surface area contributed by atoms with Crippen molar-refractivity contribution in [3.63, 3.8) is 0 Å². The monoisotopic (exact) mass is 358 g/mol. The van der Waals surface area contributed by atoms with Gasteiger partial charge in [-0.3, -0.25) is 4.79 Å². The van der Waals surface area contributed by atoms with Crippen molar-refractivity contribution in [2.24, 2.45) is 5.92 Å². The van der Waals surface area contributed by atoms with Gasteiger partial charge in [0.25, 0.3) is 11.7 Å². The first-order chi connectivity index (χ1) is 12.2. The molecule has 1 aromatic heterocycles. The number of hydrogen-bond donors (Lipinski definition) is 0. The molecule has 1 fully saturated rings. The van der Waals surface area contributed by atoms with E-state index in [0.29, 0.717) is 10.5 Å². The topological polar surface area (TPSA) is 33.2 Å². The molecule has 3 nitrogen and oxygen atoms in total. The van der Waals surface area contributed by atoms with Crippen LogP contribution in [0.4, 0.5) is 13.2 Å². The summed E-state index contributed by atoms with van der Waals surface area (Å²) in [4.78, 5) is 16.6. The van der Waals surface area contributed by atoms with E-state index in [9.17, 15) is 18.0 Å². The zero-order valence-corrected chi connectivity index (χ0v) is 14.6. The number of nitrogens with zero attached hydrogens (tertiary/aromatic N) is 2. The third-order valence-corrected chi connectivity index (χ3v) is 4.65. The highest BCUT2D eigenvalue weighted by molar-refractivity contribution is 5.93. The number of alkyl halides is 3. The van der Waals surface area contributed by atoms with Gasteiger partial charge in [0, 0.05) is 24.4 Å². The summed E-state index contributed by atoms with van der Waals surface area (Å²) in [5, 5.41) is 0. The van der Waals surface area contributed by atoms with E-state index in [1.807, 2.05) is 31.2 Å². The molecule has 1 amide bonds. The SMILES string of the molecule is Cc1cccc(C#Cc2ccc(C(=O)N(C)C3(F)C(C)C3(F)F)nc2)c1. The minimum atomic E-state index is -3.54. The number of halogens is 3. The van der Waals surface area contributed by atoms with Gasteiger partial charge in [-0.15, -0.1) is 0 Å². The Morgan fingerprint density at radius 3 is 2.35 bits per heavy atom. The average Bonchev–Trinajstić information content (AvgIpc) is 3.03. The second-order valence-corrected chi connectivity index (χ2v) is 6.43. The van der Waals surface area contributed by atoms with E-state index in [1.165, 1.54) is 12.3 Å². The lowest BCUT2D eigenvalue weighted by molar-refractivity contribution is -0.0277. The first-order valence-corrected chi connectivity index (χ1v) is 8.07. The number of aryl methyl sites for hydroxylation is 1. The van der Waals surface area contributed by atoms with E-state index in [2.05, 4.69) is 16.8 Å². The third kappa shape index (κ3) is 2.84. The standard InChI is InChI=1S/C20H17F3N2O/c1-13-5-4-6-15(11-13)7-8-16-9-10-17(24-12-16)18(26)25(3)20(23)14(2)19(20,21)22/h4-6,9-12,14H,1-3H3. The molecular weight excluding hydrogens is 341 g/mol. The first kappa shape index (κ1) is 18.0. The van der Waals surface area contributed by atoms with E-state index >= 15 is 0 Å². The molecule has 0 spiro atoms. The molecule has 6 heteroatoms. The Balaban J connectivity index is 1.75. The van der Waals surface area contributed by atoms with Crippen LogP contribution in [0.15, 0.2) is 42.6 Å². The van der Waals surface area contributed by atoms with Crippen molar-refractivity contribution in [3.05, 3.63) is 65.0 Å². The molecular formula is C20H17F3N2O. The van der Waals surface area contributed by atoms with Crippen molar-refractivity contribution in [1.29, 1.82) is 0 Å². The Morgan fingerprint density at radius 2 is 1.81 bits per heavy atom. The Kier molecular flexibility index (Phi) is 4.27. The largest absolute Gasteiger partial charge is 0.307 e. The summed E-state index contributed by atoms with van der Waals surface area (Å²) in [7, 11) is 1.02. The van der Waals surface area contributed by atoms with Crippen molar-refractivity contribution < 1.29 is 18.0 Å². The summed E-state index contributed by atoms with van der Waals surface area (Å²) in [5.74, 6) is -3.05. The molecule has 0 N–H and O–H groups in total. The quantitative estimate of drug-likeness (QED) is 0.604. The van der Waals surface area contributed by atoms with Crippen molar-refractivity contribution in [2.45, 2.75) is 25.6 Å². The fourth-order valence-corrected chi connectivity index (χ4v) is 2.81. The highest BCUT2D eigenvalue weighted by Gasteiger charge is 2.84. The summed E-state index contributed by atoms with van der Waals surface area (Å²) in [6.07, 6.45) is 1.36. The predicted molar refractivity (Wildman–Crippen MR) is 91.4 cm³/mol. The molecule has 0 saturated heterocycles. The summed E-state index contributed by atoms with van der Waals surface area (Å²) in [6.45, 7) is 3.03. The Bertz CT molecular complexity index is 915. The minimum absolute atomic E-state index is 0.111. The number of pyridine rings is 1. The molecule has 1 heterocycles. The Hall–Kier alpha value is -2.81. The molecule has 0 aliphatic heterocycles. The van der Waals surface area contributed by atoms with Crippen LogP contribution in [0.25, 0.3) is 0 Å². The fourth-order valence-electron chi connectivity index (χ4n) is 2.81. The molecule has 3 rings (SSSR count). The molecule has 2 atom stereocenters. The van der Waals surface area contributed by atoms with Crippen molar-refractivity contribution >= 4 is 5.91 Å². The van der Waals surface area contributed by atoms with Crippen LogP contribution in [-0.2, 0) is 0 Å². The van der Waals surface area contributed by atoms with E-state index in [1.54, 1.807) is 6.07 Å². The fraction of sp³-hybridized carbons (Fsp3) is 0.300. The molecule has 1 aromatic carbocycles. The molecule has 0 bridgehead atoms. The van der Waals surface area contributed by atoms with Gasteiger partial charge in [-0.2, -0.15) is 0 Å². The second-order valence-electron chi connectivity index (χ2n) is 6.43. The zero-order valence-electron chi connectivity index (χ0n) is 14.6. The van der Waals surface area contributed by atoms with E-state index in [-0.39, 0.29) is 5.69 Å². The van der Waals surface area contributed by atoms with Gasteiger partial charge < -0.3 is 4.90 Å². The highest BCUT2D eigenvalue weighted by atomic mass is 19.3. The van der Waals surface area contributed by atoms with E-state index in [4.69, 9.17) is 0 Å². The van der Waals surface area contributed by atoms with Gasteiger partial charge in [0.05, 0.1) is 5.92 Å². The van der Waals surface area contributed by atoms with E-state index in [0.717, 1.165) is 25.1 Å². The zero-order chi connectivity index (χ0) is 19.1. The van der Waals surface area contributed by atoms with Gasteiger partial charge in [0.2, 0.25) is 0 Å². The van der Waals surface area contributed by atoms with Crippen LogP contribution in [0.1, 0.15) is 34.1 Å². The lowest BCUT2D eigenvalue weighted by atomic mass is 10.1. The molecule has 1 aliphatic rings. The second kappa shape index (κ2) is 6.17. The number of hydrogen-bond acceptors (Lipinski definition) is 2. The molecule has 2 aromatic rings. The smallest absolute Gasteiger partial charge is 0.302 e. The van der Waals surface area contributed by atoms with Crippen molar-refractivity contribution in [2.75, 3.05) is 7.05 Å². The summed E-state index contributed by atoms with van der Waals surface area (Å²) < 4.78 is 41.2. The minimum Gasteiger partial charge on any atom is -0.302 e. The lowest BCUT2D eigenvalue weighted by Crippen LogP contribution is -2.40. The Labute approximate surface area is 149 Å². The lowest BCUT2D eigenvalue weighted by Gasteiger charge is -2.21. The number of benzene rings is 1. The Morgan fingerprint density at radius 1 is 1.15 bits per heavy atom. The van der Waals surface area contributed by atoms with Crippen LogP contribution in [0.2, 0.25) is 0 Å². The maximum atomic E-state index is 14.3. The highest BCUT2D eigenvalue weighted by Crippen LogP contribution is 2.62. The van der Waals surface area contributed by atoms with Crippen LogP contribution in [0.3, 0.4) is 0 Å². The van der Waals surface area contributed by atoms with Crippen LogP contribution in [-0.4, -0.2) is 34.6 Å². The maximum Gasteiger partial charge on any atom is 0.307 e. The predicted octanol–water partition coefficient (Wildman–Crippen LogP) is 3.81. The van der Waals surface area contributed by atoms with Crippen LogP contribution < -0.4 is 0 Å². The normalized spacial score (nSPS) is 22.9. The summed E-state index contributed by atoms with van der Waals surface area (Å²) in [5.41, 5.74) is 2.38. The van der Waals surface area contributed by atoms with Crippen LogP contribution in [0, 0.1) is 24.7 Å². The maximum absolute atomic E-state index is 14.3. The van der Waals surface area contributed by atoms with E-state index < -0.39 is 23.5 Å². The average molecular weight is 358 g/mol. The van der Waals surface area contributed by atoms with Crippen molar-refractivity contribution in [1.82, 2.24) is 9.88 Å². The number of rotatable bonds is 2. The molecule has 26 heavy (non-hydrogen) atoms. The van der Waals surface area contributed by atoms with Gasteiger partial charge in [0.1, 0.15) is 5.69 Å². The number of carbonyl (C=O) groups is 1. The van der Waals surface area contributed by atoms with Gasteiger partial charge in [0.15, 0.2) is 0 Å². The van der Waals surface area contributed by atoms with Gasteiger partial charge >= 0.3 is 5.92 Å². The summed E-state index contributed by atoms with van der Waals surface area (Å²) in [6, 6.07) is 10.6.